The molecule has 124 valence electrons. The van der Waals surface area contributed by atoms with Crippen molar-refractivity contribution in [2.24, 2.45) is 5.92 Å². The number of rotatable bonds is 4. The molecule has 23 heavy (non-hydrogen) atoms. The molecule has 1 aliphatic heterocycles. The third-order valence-corrected chi connectivity index (χ3v) is 4.08. The maximum Gasteiger partial charge on any atom is 0.309 e. The molecule has 1 amide bonds. The van der Waals surface area contributed by atoms with Crippen LogP contribution in [0.25, 0.3) is 0 Å². The first kappa shape index (κ1) is 17.7. The third-order valence-electron chi connectivity index (χ3n) is 3.54. The normalized spacial score (nSPS) is 19.1. The van der Waals surface area contributed by atoms with Crippen molar-refractivity contribution in [2.75, 3.05) is 5.32 Å². The zero-order valence-electron chi connectivity index (χ0n) is 13.0. The molecule has 5 nitrogen and oxygen atoms in total. The van der Waals surface area contributed by atoms with E-state index in [1.165, 1.54) is 0 Å². The summed E-state index contributed by atoms with van der Waals surface area (Å²) < 4.78 is 5.24. The van der Waals surface area contributed by atoms with Gasteiger partial charge in [-0.2, -0.15) is 0 Å². The van der Waals surface area contributed by atoms with Gasteiger partial charge in [-0.25, -0.2) is 0 Å². The number of thiocarbonyl (C=S) groups is 1. The molecule has 0 aromatic heterocycles. The first-order valence-corrected chi connectivity index (χ1v) is 8.14. The molecule has 2 rings (SSSR count). The number of ether oxygens (including phenoxy) is 1. The maximum atomic E-state index is 11.9. The molecule has 0 unspecified atom stereocenters. The zero-order valence-corrected chi connectivity index (χ0v) is 14.6. The van der Waals surface area contributed by atoms with Gasteiger partial charge in [-0.15, -0.1) is 0 Å². The lowest BCUT2D eigenvalue weighted by Crippen LogP contribution is -2.34. The van der Waals surface area contributed by atoms with Crippen LogP contribution in [0, 0.1) is 5.92 Å². The number of hydrogen-bond donors (Lipinski definition) is 2. The number of carbonyl (C=O) groups is 2. The van der Waals surface area contributed by atoms with E-state index < -0.39 is 5.60 Å². The van der Waals surface area contributed by atoms with Crippen LogP contribution in [0.4, 0.5) is 5.69 Å². The smallest absolute Gasteiger partial charge is 0.309 e. The van der Waals surface area contributed by atoms with E-state index >= 15 is 0 Å². The fourth-order valence-electron chi connectivity index (χ4n) is 2.50. The van der Waals surface area contributed by atoms with Gasteiger partial charge in [0.2, 0.25) is 5.91 Å². The summed E-state index contributed by atoms with van der Waals surface area (Å²) in [4.78, 5) is 23.6. The number of hydrogen-bond acceptors (Lipinski definition) is 4. The Hall–Kier alpha value is -1.66. The minimum atomic E-state index is -0.445. The Bertz CT molecular complexity index is 634. The molecule has 1 fully saturated rings. The molecule has 7 heteroatoms. The van der Waals surface area contributed by atoms with E-state index in [4.69, 9.17) is 28.6 Å². The van der Waals surface area contributed by atoms with Crippen molar-refractivity contribution in [1.82, 2.24) is 5.32 Å². The van der Waals surface area contributed by atoms with E-state index in [9.17, 15) is 9.59 Å². The van der Waals surface area contributed by atoms with E-state index in [-0.39, 0.29) is 29.3 Å². The van der Waals surface area contributed by atoms with Crippen LogP contribution in [0.2, 0.25) is 5.02 Å². The molecule has 1 aromatic carbocycles. The van der Waals surface area contributed by atoms with Crippen LogP contribution >= 0.6 is 23.8 Å². The second-order valence-electron chi connectivity index (χ2n) is 6.10. The Kier molecular flexibility index (Phi) is 5.59. The van der Waals surface area contributed by atoms with Crippen molar-refractivity contribution in [3.63, 3.8) is 0 Å². The Morgan fingerprint density at radius 1 is 1.43 bits per heavy atom. The summed E-state index contributed by atoms with van der Waals surface area (Å²) in [6.07, 6.45) is 1.28. The van der Waals surface area contributed by atoms with Gasteiger partial charge < -0.3 is 15.4 Å². The Morgan fingerprint density at radius 2 is 2.13 bits per heavy atom. The summed E-state index contributed by atoms with van der Waals surface area (Å²) in [5.41, 5.74) is 0.180. The standard InChI is InChI=1S/C16H19ClN2O3S/c1-16(2)9-10(14(21)22-16)7-8-13(20)19-15(23)18-12-6-4-3-5-11(12)17/h3-6,10H,7-9H2,1-2H3,(H2,18,19,20,23)/t10-/m0/s1. The second-order valence-corrected chi connectivity index (χ2v) is 6.92. The van der Waals surface area contributed by atoms with Crippen LogP contribution in [-0.2, 0) is 14.3 Å². The van der Waals surface area contributed by atoms with Crippen molar-refractivity contribution in [1.29, 1.82) is 0 Å². The van der Waals surface area contributed by atoms with Gasteiger partial charge in [0.1, 0.15) is 5.60 Å². The van der Waals surface area contributed by atoms with Crippen molar-refractivity contribution < 1.29 is 14.3 Å². The van der Waals surface area contributed by atoms with Gasteiger partial charge in [-0.1, -0.05) is 23.7 Å². The molecule has 0 spiro atoms. The van der Waals surface area contributed by atoms with Gasteiger partial charge in [0.05, 0.1) is 16.6 Å². The van der Waals surface area contributed by atoms with Gasteiger partial charge in [0.25, 0.3) is 0 Å². The number of halogens is 1. The number of cyclic esters (lactones) is 1. The SMILES string of the molecule is CC1(C)C[C@H](CCC(=O)NC(=S)Nc2ccccc2Cl)C(=O)O1. The highest BCUT2D eigenvalue weighted by Gasteiger charge is 2.39. The highest BCUT2D eigenvalue weighted by molar-refractivity contribution is 7.80. The maximum absolute atomic E-state index is 11.9. The van der Waals surface area contributed by atoms with Crippen LogP contribution < -0.4 is 10.6 Å². The van der Waals surface area contributed by atoms with Crippen molar-refractivity contribution >= 4 is 46.5 Å². The minimum Gasteiger partial charge on any atom is -0.459 e. The fraction of sp³-hybridized carbons (Fsp3) is 0.438. The van der Waals surface area contributed by atoms with Crippen LogP contribution in [-0.4, -0.2) is 22.6 Å². The molecule has 1 aromatic rings. The van der Waals surface area contributed by atoms with E-state index in [0.29, 0.717) is 23.6 Å². The number of para-hydroxylation sites is 1. The minimum absolute atomic E-state index is 0.178. The summed E-state index contributed by atoms with van der Waals surface area (Å²) in [7, 11) is 0. The lowest BCUT2D eigenvalue weighted by molar-refractivity contribution is -0.148. The van der Waals surface area contributed by atoms with Crippen LogP contribution in [0.15, 0.2) is 24.3 Å². The summed E-state index contributed by atoms with van der Waals surface area (Å²) in [5.74, 6) is -0.715. The predicted molar refractivity (Wildman–Crippen MR) is 93.3 cm³/mol. The van der Waals surface area contributed by atoms with Crippen molar-refractivity contribution in [2.45, 2.75) is 38.7 Å². The molecular weight excluding hydrogens is 336 g/mol. The average Bonchev–Trinajstić information content (AvgIpc) is 2.71. The monoisotopic (exact) mass is 354 g/mol. The van der Waals surface area contributed by atoms with Gasteiger partial charge in [0.15, 0.2) is 5.11 Å². The topological polar surface area (TPSA) is 67.4 Å². The van der Waals surface area contributed by atoms with Crippen LogP contribution in [0.1, 0.15) is 33.1 Å². The largest absolute Gasteiger partial charge is 0.459 e. The Morgan fingerprint density at radius 3 is 2.74 bits per heavy atom. The van der Waals surface area contributed by atoms with Crippen molar-refractivity contribution in [3.8, 4) is 0 Å². The molecule has 0 saturated carbocycles. The summed E-state index contributed by atoms with van der Waals surface area (Å²) in [6.45, 7) is 3.74. The molecular formula is C16H19ClN2O3S. The van der Waals surface area contributed by atoms with Gasteiger partial charge >= 0.3 is 5.97 Å². The van der Waals surface area contributed by atoms with Crippen LogP contribution in [0.3, 0.4) is 0 Å². The summed E-state index contributed by atoms with van der Waals surface area (Å²) in [5, 5.41) is 6.14. The lowest BCUT2D eigenvalue weighted by Gasteiger charge is -2.14. The zero-order chi connectivity index (χ0) is 17.0. The number of amides is 1. The van der Waals surface area contributed by atoms with Crippen molar-refractivity contribution in [3.05, 3.63) is 29.3 Å². The average molecular weight is 355 g/mol. The Labute approximate surface area is 145 Å². The van der Waals surface area contributed by atoms with Crippen LogP contribution in [0.5, 0.6) is 0 Å². The second kappa shape index (κ2) is 7.27. The molecule has 1 saturated heterocycles. The fourth-order valence-corrected chi connectivity index (χ4v) is 2.91. The van der Waals surface area contributed by atoms with E-state index in [0.717, 1.165) is 0 Å². The number of benzene rings is 1. The van der Waals surface area contributed by atoms with Gasteiger partial charge in [-0.3, -0.25) is 9.59 Å². The van der Waals surface area contributed by atoms with E-state index in [1.807, 2.05) is 19.9 Å². The summed E-state index contributed by atoms with van der Waals surface area (Å²) in [6, 6.07) is 7.10. The third kappa shape index (κ3) is 5.18. The molecule has 0 radical (unpaired) electrons. The first-order valence-electron chi connectivity index (χ1n) is 7.35. The molecule has 1 aliphatic rings. The highest BCUT2D eigenvalue weighted by atomic mass is 35.5. The quantitative estimate of drug-likeness (QED) is 0.641. The molecule has 1 atom stereocenters. The number of carbonyl (C=O) groups excluding carboxylic acids is 2. The highest BCUT2D eigenvalue weighted by Crippen LogP contribution is 2.32. The number of nitrogens with one attached hydrogen (secondary N) is 2. The Balaban J connectivity index is 1.78. The molecule has 0 bridgehead atoms. The first-order chi connectivity index (χ1) is 10.8. The van der Waals surface area contributed by atoms with Gasteiger partial charge in [-0.05, 0) is 51.0 Å². The predicted octanol–water partition coefficient (Wildman–Crippen LogP) is 3.27. The molecule has 0 aliphatic carbocycles. The lowest BCUT2D eigenvalue weighted by atomic mass is 9.94. The number of anilines is 1. The molecule has 2 N–H and O–H groups in total. The van der Waals surface area contributed by atoms with E-state index in [1.54, 1.807) is 18.2 Å². The summed E-state index contributed by atoms with van der Waals surface area (Å²) >= 11 is 11.1. The molecule has 1 heterocycles. The van der Waals surface area contributed by atoms with Gasteiger partial charge in [0, 0.05) is 6.42 Å². The number of esters is 1. The van der Waals surface area contributed by atoms with E-state index in [2.05, 4.69) is 10.6 Å².